The van der Waals surface area contributed by atoms with Gasteiger partial charge >= 0.3 is 0 Å². The number of nitrogens with two attached hydrogens (primary N) is 2. The number of rotatable bonds is 4. The zero-order valence-corrected chi connectivity index (χ0v) is 8.01. The molecule has 0 saturated carbocycles. The molecule has 0 bridgehead atoms. The fourth-order valence-corrected chi connectivity index (χ4v) is 1.28. The van der Waals surface area contributed by atoms with Gasteiger partial charge in [0.15, 0.2) is 0 Å². The van der Waals surface area contributed by atoms with Gasteiger partial charge in [-0.2, -0.15) is 0 Å². The monoisotopic (exact) mass is 194 g/mol. The summed E-state index contributed by atoms with van der Waals surface area (Å²) in [5.41, 5.74) is 11.6. The molecule has 4 N–H and O–H groups in total. The van der Waals surface area contributed by atoms with Crippen molar-refractivity contribution in [1.82, 2.24) is 0 Å². The lowest BCUT2D eigenvalue weighted by Crippen LogP contribution is -2.42. The van der Waals surface area contributed by atoms with Crippen molar-refractivity contribution in [3.05, 3.63) is 35.9 Å². The van der Waals surface area contributed by atoms with Crippen molar-refractivity contribution in [2.75, 3.05) is 7.11 Å². The number of hydrogen-bond acceptors (Lipinski definition) is 3. The van der Waals surface area contributed by atoms with Gasteiger partial charge < -0.3 is 16.2 Å². The summed E-state index contributed by atoms with van der Waals surface area (Å²) in [7, 11) is 1.50. The molecule has 1 aromatic rings. The molecule has 4 heteroatoms. The molecule has 0 aliphatic heterocycles. The number of hydrogen-bond donors (Lipinski definition) is 2. The number of primary amides is 1. The Hall–Kier alpha value is -1.39. The third-order valence-corrected chi connectivity index (χ3v) is 2.04. The smallest absolute Gasteiger partial charge is 0.237 e. The van der Waals surface area contributed by atoms with Crippen LogP contribution >= 0.6 is 0 Å². The van der Waals surface area contributed by atoms with Crippen molar-refractivity contribution < 1.29 is 9.53 Å². The third-order valence-electron chi connectivity index (χ3n) is 2.04. The van der Waals surface area contributed by atoms with E-state index in [9.17, 15) is 4.79 Å². The molecule has 0 aromatic heterocycles. The number of amides is 1. The van der Waals surface area contributed by atoms with Gasteiger partial charge in [-0.1, -0.05) is 30.3 Å². The van der Waals surface area contributed by atoms with Crippen LogP contribution in [0, 0.1) is 0 Å². The van der Waals surface area contributed by atoms with Crippen LogP contribution in [0.15, 0.2) is 30.3 Å². The van der Waals surface area contributed by atoms with Crippen molar-refractivity contribution in [2.45, 2.75) is 12.1 Å². The predicted octanol–water partition coefficient (Wildman–Crippen LogP) is 0.187. The highest BCUT2D eigenvalue weighted by Crippen LogP contribution is 2.18. The fraction of sp³-hybridized carbons (Fsp3) is 0.300. The van der Waals surface area contributed by atoms with E-state index in [0.29, 0.717) is 0 Å². The molecule has 1 amide bonds. The summed E-state index contributed by atoms with van der Waals surface area (Å²) in [6.07, 6.45) is -0.478. The van der Waals surface area contributed by atoms with Crippen LogP contribution in [0.25, 0.3) is 0 Å². The fourth-order valence-electron chi connectivity index (χ4n) is 1.28. The Balaban J connectivity index is 2.87. The first kappa shape index (κ1) is 10.7. The normalized spacial score (nSPS) is 14.7. The zero-order chi connectivity index (χ0) is 10.6. The largest absolute Gasteiger partial charge is 0.375 e. The topological polar surface area (TPSA) is 78.3 Å². The first-order valence-electron chi connectivity index (χ1n) is 4.29. The maximum absolute atomic E-state index is 10.9. The Morgan fingerprint density at radius 2 is 1.93 bits per heavy atom. The van der Waals surface area contributed by atoms with Crippen molar-refractivity contribution in [2.24, 2.45) is 11.5 Å². The number of ether oxygens (including phenoxy) is 1. The lowest BCUT2D eigenvalue weighted by molar-refractivity contribution is -0.122. The van der Waals surface area contributed by atoms with Gasteiger partial charge in [-0.3, -0.25) is 4.79 Å². The van der Waals surface area contributed by atoms with Crippen LogP contribution in [0.2, 0.25) is 0 Å². The summed E-state index contributed by atoms with van der Waals surface area (Å²) in [6.45, 7) is 0. The minimum absolute atomic E-state index is 0.478. The van der Waals surface area contributed by atoms with Crippen LogP contribution in [0.4, 0.5) is 0 Å². The van der Waals surface area contributed by atoms with Crippen LogP contribution in [0.5, 0.6) is 0 Å². The standard InChI is InChI=1S/C10H14N2O2/c1-14-9(8(11)10(12)13)7-5-3-2-4-6-7/h2-6,8-9H,11H2,1H3,(H2,12,13). The van der Waals surface area contributed by atoms with E-state index >= 15 is 0 Å². The van der Waals surface area contributed by atoms with Gasteiger partial charge in [-0.25, -0.2) is 0 Å². The van der Waals surface area contributed by atoms with E-state index in [1.807, 2.05) is 30.3 Å². The average molecular weight is 194 g/mol. The molecular weight excluding hydrogens is 180 g/mol. The maximum Gasteiger partial charge on any atom is 0.237 e. The highest BCUT2D eigenvalue weighted by Gasteiger charge is 2.23. The van der Waals surface area contributed by atoms with Crippen LogP contribution in [0.3, 0.4) is 0 Å². The van der Waals surface area contributed by atoms with Gasteiger partial charge in [0.1, 0.15) is 12.1 Å². The van der Waals surface area contributed by atoms with E-state index in [2.05, 4.69) is 0 Å². The van der Waals surface area contributed by atoms with Gasteiger partial charge in [-0.15, -0.1) is 0 Å². The minimum Gasteiger partial charge on any atom is -0.375 e. The quantitative estimate of drug-likeness (QED) is 0.718. The summed E-state index contributed by atoms with van der Waals surface area (Å²) in [5, 5.41) is 0. The van der Waals surface area contributed by atoms with Crippen LogP contribution in [-0.2, 0) is 9.53 Å². The van der Waals surface area contributed by atoms with Gasteiger partial charge in [0, 0.05) is 7.11 Å². The van der Waals surface area contributed by atoms with Crippen LogP contribution < -0.4 is 11.5 Å². The minimum atomic E-state index is -0.817. The van der Waals surface area contributed by atoms with E-state index in [1.54, 1.807) is 0 Å². The number of carbonyl (C=O) groups excluding carboxylic acids is 1. The zero-order valence-electron chi connectivity index (χ0n) is 8.01. The number of methoxy groups -OCH3 is 1. The molecule has 1 aromatic carbocycles. The molecule has 0 heterocycles. The molecule has 0 spiro atoms. The van der Waals surface area contributed by atoms with Gasteiger partial charge in [0.05, 0.1) is 0 Å². The molecule has 2 atom stereocenters. The summed E-state index contributed by atoms with van der Waals surface area (Å²) in [6, 6.07) is 8.46. The highest BCUT2D eigenvalue weighted by atomic mass is 16.5. The van der Waals surface area contributed by atoms with E-state index in [4.69, 9.17) is 16.2 Å². The Kier molecular flexibility index (Phi) is 3.62. The van der Waals surface area contributed by atoms with Crippen LogP contribution in [-0.4, -0.2) is 19.1 Å². The molecule has 1 rings (SSSR count). The molecule has 2 unspecified atom stereocenters. The highest BCUT2D eigenvalue weighted by molar-refractivity contribution is 5.80. The Bertz CT molecular complexity index is 300. The predicted molar refractivity (Wildman–Crippen MR) is 53.4 cm³/mol. The average Bonchev–Trinajstić information content (AvgIpc) is 2.20. The molecule has 76 valence electrons. The second-order valence-corrected chi connectivity index (χ2v) is 3.00. The molecule has 0 aliphatic rings. The van der Waals surface area contributed by atoms with Crippen molar-refractivity contribution >= 4 is 5.91 Å². The van der Waals surface area contributed by atoms with Gasteiger partial charge in [0.25, 0.3) is 0 Å². The number of benzene rings is 1. The SMILES string of the molecule is COC(c1ccccc1)C(N)C(N)=O. The third kappa shape index (κ3) is 2.31. The molecule has 0 aliphatic carbocycles. The summed E-state index contributed by atoms with van der Waals surface area (Å²) < 4.78 is 5.13. The van der Waals surface area contributed by atoms with E-state index in [-0.39, 0.29) is 0 Å². The maximum atomic E-state index is 10.9. The van der Waals surface area contributed by atoms with Crippen molar-refractivity contribution in [3.8, 4) is 0 Å². The van der Waals surface area contributed by atoms with E-state index in [0.717, 1.165) is 5.56 Å². The molecule has 4 nitrogen and oxygen atoms in total. The Morgan fingerprint density at radius 3 is 2.36 bits per heavy atom. The molecule has 0 saturated heterocycles. The Labute approximate surface area is 82.8 Å². The first-order valence-corrected chi connectivity index (χ1v) is 4.29. The molecule has 0 radical (unpaired) electrons. The van der Waals surface area contributed by atoms with E-state index < -0.39 is 18.1 Å². The Morgan fingerprint density at radius 1 is 1.36 bits per heavy atom. The summed E-state index contributed by atoms with van der Waals surface area (Å²) in [4.78, 5) is 10.9. The number of carbonyl (C=O) groups is 1. The van der Waals surface area contributed by atoms with Crippen LogP contribution in [0.1, 0.15) is 11.7 Å². The van der Waals surface area contributed by atoms with E-state index in [1.165, 1.54) is 7.11 Å². The molecular formula is C10H14N2O2. The van der Waals surface area contributed by atoms with Gasteiger partial charge in [-0.05, 0) is 5.56 Å². The lowest BCUT2D eigenvalue weighted by Gasteiger charge is -2.20. The lowest BCUT2D eigenvalue weighted by atomic mass is 10.0. The van der Waals surface area contributed by atoms with Crippen molar-refractivity contribution in [3.63, 3.8) is 0 Å². The second-order valence-electron chi connectivity index (χ2n) is 3.00. The van der Waals surface area contributed by atoms with Crippen molar-refractivity contribution in [1.29, 1.82) is 0 Å². The second kappa shape index (κ2) is 4.74. The summed E-state index contributed by atoms with van der Waals surface area (Å²) in [5.74, 6) is -0.569. The summed E-state index contributed by atoms with van der Waals surface area (Å²) >= 11 is 0. The molecule has 14 heavy (non-hydrogen) atoms. The molecule has 0 fully saturated rings. The first-order chi connectivity index (χ1) is 6.66. The van der Waals surface area contributed by atoms with Gasteiger partial charge in [0.2, 0.25) is 5.91 Å².